The molecule has 2 nitrogen and oxygen atoms in total. The number of amides is 1. The normalized spacial score (nSPS) is 10.8. The van der Waals surface area contributed by atoms with Crippen molar-refractivity contribution >= 4 is 33.6 Å². The van der Waals surface area contributed by atoms with Crippen LogP contribution in [-0.4, -0.2) is 10.8 Å². The Hall–Kier alpha value is -1.52. The molecule has 22 heavy (non-hydrogen) atoms. The fourth-order valence-corrected chi connectivity index (χ4v) is 3.01. The molecule has 1 amide bonds. The lowest BCUT2D eigenvalue weighted by Gasteiger charge is -2.18. The van der Waals surface area contributed by atoms with Gasteiger partial charge < -0.3 is 4.90 Å². The Balaban J connectivity index is 2.06. The van der Waals surface area contributed by atoms with Crippen LogP contribution in [0.15, 0.2) is 75.6 Å². The average Bonchev–Trinajstić information content (AvgIpc) is 2.56. The maximum absolute atomic E-state index is 12.1. The van der Waals surface area contributed by atoms with Crippen LogP contribution in [-0.2, 0) is 11.3 Å². The summed E-state index contributed by atoms with van der Waals surface area (Å²) < 4.78 is 1.02. The number of carbonyl (C=O) groups is 1. The topological polar surface area (TPSA) is 20.3 Å². The molecule has 0 atom stereocenters. The summed E-state index contributed by atoms with van der Waals surface area (Å²) in [6, 6.07) is 18.1. The third-order valence-electron chi connectivity index (χ3n) is 3.11. The average molecular weight is 376 g/mol. The fraction of sp³-hybridized carbons (Fsp3) is 0.167. The molecular formula is C18H18BrNOS. The van der Waals surface area contributed by atoms with Gasteiger partial charge in [-0.25, -0.2) is 0 Å². The van der Waals surface area contributed by atoms with E-state index in [0.29, 0.717) is 13.0 Å². The predicted molar refractivity (Wildman–Crippen MR) is 96.4 cm³/mol. The standard InChI is InChI=1S/C18H18BrNOS/c1-2-18(21)20(14-15-8-6-7-11-17(15)19)12-13-22-16-9-4-3-5-10-16/h3-13H,2,14H2,1H3/b13-12+. The molecule has 0 saturated carbocycles. The highest BCUT2D eigenvalue weighted by molar-refractivity contribution is 9.10. The van der Waals surface area contributed by atoms with Crippen molar-refractivity contribution in [2.45, 2.75) is 24.8 Å². The highest BCUT2D eigenvalue weighted by atomic mass is 79.9. The van der Waals surface area contributed by atoms with Gasteiger partial charge in [-0.15, -0.1) is 0 Å². The smallest absolute Gasteiger partial charge is 0.226 e. The molecule has 0 bridgehead atoms. The van der Waals surface area contributed by atoms with Crippen LogP contribution in [0, 0.1) is 0 Å². The molecule has 0 aliphatic carbocycles. The van der Waals surface area contributed by atoms with E-state index in [1.165, 1.54) is 0 Å². The second-order valence-corrected chi connectivity index (χ2v) is 6.52. The molecule has 0 fully saturated rings. The second-order valence-electron chi connectivity index (χ2n) is 4.68. The van der Waals surface area contributed by atoms with Crippen molar-refractivity contribution in [3.63, 3.8) is 0 Å². The molecule has 2 aromatic carbocycles. The van der Waals surface area contributed by atoms with E-state index in [2.05, 4.69) is 28.1 Å². The summed E-state index contributed by atoms with van der Waals surface area (Å²) in [6.45, 7) is 2.45. The van der Waals surface area contributed by atoms with Gasteiger partial charge in [-0.05, 0) is 29.2 Å². The third kappa shape index (κ3) is 5.04. The van der Waals surface area contributed by atoms with Crippen LogP contribution in [0.1, 0.15) is 18.9 Å². The number of hydrogen-bond donors (Lipinski definition) is 0. The van der Waals surface area contributed by atoms with Crippen molar-refractivity contribution in [3.05, 3.63) is 76.2 Å². The van der Waals surface area contributed by atoms with E-state index in [1.807, 2.05) is 61.0 Å². The number of benzene rings is 2. The van der Waals surface area contributed by atoms with Gasteiger partial charge in [-0.2, -0.15) is 0 Å². The number of halogens is 1. The maximum Gasteiger partial charge on any atom is 0.226 e. The first-order valence-electron chi connectivity index (χ1n) is 7.12. The van der Waals surface area contributed by atoms with Crippen molar-refractivity contribution in [1.82, 2.24) is 4.90 Å². The summed E-state index contributed by atoms with van der Waals surface area (Å²) in [5.74, 6) is 0.112. The minimum atomic E-state index is 0.112. The van der Waals surface area contributed by atoms with Gasteiger partial charge in [0.2, 0.25) is 5.91 Å². The largest absolute Gasteiger partial charge is 0.314 e. The molecule has 0 heterocycles. The number of rotatable bonds is 6. The maximum atomic E-state index is 12.1. The lowest BCUT2D eigenvalue weighted by Crippen LogP contribution is -2.24. The summed E-state index contributed by atoms with van der Waals surface area (Å²) in [7, 11) is 0. The molecule has 114 valence electrons. The molecule has 0 aliphatic rings. The number of carbonyl (C=O) groups excluding carboxylic acids is 1. The first-order valence-corrected chi connectivity index (χ1v) is 8.79. The fourth-order valence-electron chi connectivity index (χ4n) is 1.92. The second kappa shape index (κ2) is 8.81. The van der Waals surface area contributed by atoms with Crippen LogP contribution in [0.3, 0.4) is 0 Å². The Kier molecular flexibility index (Phi) is 6.74. The van der Waals surface area contributed by atoms with Crippen molar-refractivity contribution in [2.75, 3.05) is 0 Å². The predicted octanol–water partition coefficient (Wildman–Crippen LogP) is 5.45. The summed E-state index contributed by atoms with van der Waals surface area (Å²) in [4.78, 5) is 15.0. The lowest BCUT2D eigenvalue weighted by molar-refractivity contribution is -0.128. The Morgan fingerprint density at radius 3 is 2.50 bits per heavy atom. The number of thioether (sulfide) groups is 1. The molecule has 2 aromatic rings. The lowest BCUT2D eigenvalue weighted by atomic mass is 10.2. The van der Waals surface area contributed by atoms with Crippen LogP contribution in [0.2, 0.25) is 0 Å². The molecule has 0 saturated heterocycles. The van der Waals surface area contributed by atoms with Gasteiger partial charge in [0.15, 0.2) is 0 Å². The van der Waals surface area contributed by atoms with Gasteiger partial charge in [0.1, 0.15) is 0 Å². The minimum Gasteiger partial charge on any atom is -0.314 e. The number of nitrogens with zero attached hydrogens (tertiary/aromatic N) is 1. The molecule has 0 radical (unpaired) electrons. The van der Waals surface area contributed by atoms with E-state index in [4.69, 9.17) is 0 Å². The number of hydrogen-bond acceptors (Lipinski definition) is 2. The summed E-state index contributed by atoms with van der Waals surface area (Å²) in [5.41, 5.74) is 1.10. The molecule has 4 heteroatoms. The Bertz CT molecular complexity index is 643. The zero-order chi connectivity index (χ0) is 15.8. The van der Waals surface area contributed by atoms with Gasteiger partial charge in [0.25, 0.3) is 0 Å². The van der Waals surface area contributed by atoms with Crippen LogP contribution < -0.4 is 0 Å². The molecule has 0 unspecified atom stereocenters. The van der Waals surface area contributed by atoms with Gasteiger partial charge in [-0.1, -0.05) is 71.0 Å². The zero-order valence-corrected chi connectivity index (χ0v) is 14.8. The van der Waals surface area contributed by atoms with E-state index in [0.717, 1.165) is 14.9 Å². The minimum absolute atomic E-state index is 0.112. The van der Waals surface area contributed by atoms with Crippen molar-refractivity contribution in [1.29, 1.82) is 0 Å². The summed E-state index contributed by atoms with van der Waals surface area (Å²) >= 11 is 5.14. The Morgan fingerprint density at radius 1 is 1.14 bits per heavy atom. The van der Waals surface area contributed by atoms with E-state index < -0.39 is 0 Å². The van der Waals surface area contributed by atoms with Crippen molar-refractivity contribution < 1.29 is 4.79 Å². The van der Waals surface area contributed by atoms with Crippen LogP contribution >= 0.6 is 27.7 Å². The quantitative estimate of drug-likeness (QED) is 0.625. The monoisotopic (exact) mass is 375 g/mol. The molecular weight excluding hydrogens is 358 g/mol. The first-order chi connectivity index (χ1) is 10.7. The van der Waals surface area contributed by atoms with Crippen LogP contribution in [0.4, 0.5) is 0 Å². The molecule has 0 aromatic heterocycles. The molecule has 0 aliphatic heterocycles. The molecule has 0 N–H and O–H groups in total. The molecule has 0 spiro atoms. The van der Waals surface area contributed by atoms with Gasteiger partial charge in [0, 0.05) is 22.0 Å². The van der Waals surface area contributed by atoms with E-state index in [9.17, 15) is 4.79 Å². The Labute approximate surface area is 144 Å². The van der Waals surface area contributed by atoms with Gasteiger partial charge in [0.05, 0.1) is 6.54 Å². The van der Waals surface area contributed by atoms with E-state index >= 15 is 0 Å². The van der Waals surface area contributed by atoms with Crippen molar-refractivity contribution in [2.24, 2.45) is 0 Å². The van der Waals surface area contributed by atoms with Gasteiger partial charge in [-0.3, -0.25) is 4.79 Å². The third-order valence-corrected chi connectivity index (χ3v) is 4.69. The SMILES string of the molecule is CCC(=O)N(/C=C/Sc1ccccc1)Cc1ccccc1Br. The summed E-state index contributed by atoms with van der Waals surface area (Å²) in [5, 5.41) is 1.96. The van der Waals surface area contributed by atoms with Gasteiger partial charge >= 0.3 is 0 Å². The zero-order valence-electron chi connectivity index (χ0n) is 12.4. The van der Waals surface area contributed by atoms with Crippen LogP contribution in [0.25, 0.3) is 0 Å². The first kappa shape index (κ1) is 16.8. The van der Waals surface area contributed by atoms with Crippen molar-refractivity contribution in [3.8, 4) is 0 Å². The van der Waals surface area contributed by atoms with Crippen LogP contribution in [0.5, 0.6) is 0 Å². The molecule has 2 rings (SSSR count). The highest BCUT2D eigenvalue weighted by Gasteiger charge is 2.10. The Morgan fingerprint density at radius 2 is 1.82 bits per heavy atom. The van der Waals surface area contributed by atoms with E-state index in [1.54, 1.807) is 16.7 Å². The highest BCUT2D eigenvalue weighted by Crippen LogP contribution is 2.21. The summed E-state index contributed by atoms with van der Waals surface area (Å²) in [6.07, 6.45) is 2.35. The van der Waals surface area contributed by atoms with E-state index in [-0.39, 0.29) is 5.91 Å².